The predicted octanol–water partition coefficient (Wildman–Crippen LogP) is 1.22. The number of nitrogens with zero attached hydrogens (tertiary/aromatic N) is 4. The molecule has 0 radical (unpaired) electrons. The van der Waals surface area contributed by atoms with E-state index in [1.165, 1.54) is 27.5 Å². The number of amides is 1. The van der Waals surface area contributed by atoms with E-state index >= 15 is 0 Å². The minimum absolute atomic E-state index is 0.00465. The third-order valence-corrected chi connectivity index (χ3v) is 6.93. The van der Waals surface area contributed by atoms with E-state index in [1.807, 2.05) is 0 Å². The summed E-state index contributed by atoms with van der Waals surface area (Å²) >= 11 is 11.5. The minimum Gasteiger partial charge on any atom is -0.338 e. The molecule has 3 rings (SSSR count). The topological polar surface area (TPSA) is 92.6 Å². The highest BCUT2D eigenvalue weighted by atomic mass is 35.5. The van der Waals surface area contributed by atoms with Crippen molar-refractivity contribution in [3.05, 3.63) is 56.7 Å². The first-order valence-corrected chi connectivity index (χ1v) is 10.3. The van der Waals surface area contributed by atoms with Crippen molar-refractivity contribution in [1.82, 2.24) is 19.0 Å². The zero-order valence-corrected chi connectivity index (χ0v) is 16.7. The lowest BCUT2D eigenvalue weighted by molar-refractivity contribution is -0.133. The molecule has 0 bridgehead atoms. The molecule has 0 N–H and O–H groups in total. The maximum Gasteiger partial charge on any atom is 0.287 e. The fourth-order valence-corrected chi connectivity index (χ4v) is 4.41. The molecule has 150 valence electrons. The van der Waals surface area contributed by atoms with Crippen molar-refractivity contribution in [2.75, 3.05) is 26.2 Å². The van der Waals surface area contributed by atoms with Crippen LogP contribution >= 0.6 is 23.2 Å². The second kappa shape index (κ2) is 8.16. The van der Waals surface area contributed by atoms with Gasteiger partial charge in [-0.2, -0.15) is 9.40 Å². The number of carbonyl (C=O) groups is 1. The minimum atomic E-state index is -3.77. The second-order valence-corrected chi connectivity index (χ2v) is 8.73. The molecule has 1 aliphatic heterocycles. The molecule has 1 amide bonds. The van der Waals surface area contributed by atoms with Crippen LogP contribution in [0.4, 0.5) is 4.39 Å². The van der Waals surface area contributed by atoms with Crippen LogP contribution < -0.4 is 5.56 Å². The second-order valence-electron chi connectivity index (χ2n) is 6.01. The van der Waals surface area contributed by atoms with Gasteiger partial charge in [-0.05, 0) is 24.3 Å². The Balaban J connectivity index is 1.65. The van der Waals surface area contributed by atoms with Crippen LogP contribution in [-0.2, 0) is 21.4 Å². The van der Waals surface area contributed by atoms with Crippen LogP contribution in [0.15, 0.2) is 40.2 Å². The van der Waals surface area contributed by atoms with Gasteiger partial charge in [0.05, 0.1) is 16.1 Å². The maximum absolute atomic E-state index is 13.0. The molecule has 28 heavy (non-hydrogen) atoms. The molecule has 2 aromatic rings. The molecule has 2 heterocycles. The maximum atomic E-state index is 13.0. The van der Waals surface area contributed by atoms with Crippen molar-refractivity contribution < 1.29 is 17.6 Å². The summed E-state index contributed by atoms with van der Waals surface area (Å²) in [5.41, 5.74) is -0.681. The summed E-state index contributed by atoms with van der Waals surface area (Å²) in [6.07, 6.45) is 1.17. The number of carbonyl (C=O) groups excluding carboxylic acids is 1. The smallest absolute Gasteiger partial charge is 0.287 e. The highest BCUT2D eigenvalue weighted by molar-refractivity contribution is 7.89. The standard InChI is InChI=1S/C16H15Cl2FN4O4S/c17-13-9-20-23(16(25)15(13)18)10-14(24)21-5-7-22(8-6-21)28(26,27)12-3-1-11(19)2-4-12/h1-4,9H,5-8,10H2. The molecule has 1 aromatic heterocycles. The molecule has 0 saturated carbocycles. The van der Waals surface area contributed by atoms with E-state index in [0.29, 0.717) is 0 Å². The zero-order chi connectivity index (χ0) is 20.5. The molecule has 1 aromatic carbocycles. The quantitative estimate of drug-likeness (QED) is 0.700. The molecule has 1 saturated heterocycles. The van der Waals surface area contributed by atoms with Crippen molar-refractivity contribution in [3.8, 4) is 0 Å². The molecular formula is C16H15Cl2FN4O4S. The zero-order valence-electron chi connectivity index (χ0n) is 14.4. The van der Waals surface area contributed by atoms with Crippen LogP contribution in [0, 0.1) is 5.82 Å². The number of aromatic nitrogens is 2. The lowest BCUT2D eigenvalue weighted by Crippen LogP contribution is -2.51. The summed E-state index contributed by atoms with van der Waals surface area (Å²) in [5, 5.41) is 3.55. The van der Waals surface area contributed by atoms with Crippen LogP contribution in [-0.4, -0.2) is 59.5 Å². The normalized spacial score (nSPS) is 15.6. The first-order valence-electron chi connectivity index (χ1n) is 8.15. The van der Waals surface area contributed by atoms with Gasteiger partial charge < -0.3 is 4.90 Å². The van der Waals surface area contributed by atoms with E-state index in [4.69, 9.17) is 23.2 Å². The molecule has 8 nitrogen and oxygen atoms in total. The van der Waals surface area contributed by atoms with Crippen LogP contribution in [0.5, 0.6) is 0 Å². The van der Waals surface area contributed by atoms with Gasteiger partial charge >= 0.3 is 0 Å². The van der Waals surface area contributed by atoms with E-state index in [2.05, 4.69) is 5.10 Å². The third kappa shape index (κ3) is 4.19. The van der Waals surface area contributed by atoms with E-state index in [1.54, 1.807) is 0 Å². The molecule has 1 fully saturated rings. The monoisotopic (exact) mass is 448 g/mol. The van der Waals surface area contributed by atoms with Crippen molar-refractivity contribution in [2.45, 2.75) is 11.4 Å². The van der Waals surface area contributed by atoms with Gasteiger partial charge in [-0.15, -0.1) is 0 Å². The van der Waals surface area contributed by atoms with E-state index in [0.717, 1.165) is 16.8 Å². The Morgan fingerprint density at radius 2 is 1.71 bits per heavy atom. The van der Waals surface area contributed by atoms with Crippen LogP contribution in [0.2, 0.25) is 10.0 Å². The number of benzene rings is 1. The summed E-state index contributed by atoms with van der Waals surface area (Å²) in [4.78, 5) is 25.8. The van der Waals surface area contributed by atoms with Gasteiger partial charge in [0.2, 0.25) is 15.9 Å². The van der Waals surface area contributed by atoms with E-state index in [9.17, 15) is 22.4 Å². The summed E-state index contributed by atoms with van der Waals surface area (Å²) in [6.45, 7) is 0.120. The number of halogens is 3. The molecule has 0 unspecified atom stereocenters. The average Bonchev–Trinajstić information content (AvgIpc) is 2.69. The number of rotatable bonds is 4. The Morgan fingerprint density at radius 1 is 1.11 bits per heavy atom. The number of hydrogen-bond donors (Lipinski definition) is 0. The van der Waals surface area contributed by atoms with Crippen molar-refractivity contribution in [3.63, 3.8) is 0 Å². The molecule has 0 atom stereocenters. The largest absolute Gasteiger partial charge is 0.338 e. The SMILES string of the molecule is O=C(Cn1ncc(Cl)c(Cl)c1=O)N1CCN(S(=O)(=O)c2ccc(F)cc2)CC1. The van der Waals surface area contributed by atoms with Gasteiger partial charge in [-0.25, -0.2) is 17.5 Å². The lowest BCUT2D eigenvalue weighted by atomic mass is 10.3. The fraction of sp³-hybridized carbons (Fsp3) is 0.312. The summed E-state index contributed by atoms with van der Waals surface area (Å²) in [7, 11) is -3.77. The van der Waals surface area contributed by atoms with Gasteiger partial charge in [0.1, 0.15) is 17.4 Å². The summed E-state index contributed by atoms with van der Waals surface area (Å²) < 4.78 is 40.3. The highest BCUT2D eigenvalue weighted by Crippen LogP contribution is 2.18. The molecule has 1 aliphatic rings. The first kappa shape index (κ1) is 20.7. The predicted molar refractivity (Wildman–Crippen MR) is 100 cm³/mol. The van der Waals surface area contributed by atoms with Gasteiger partial charge in [-0.1, -0.05) is 23.2 Å². The number of piperazine rings is 1. The molecule has 0 spiro atoms. The Bertz CT molecular complexity index is 1050. The van der Waals surface area contributed by atoms with Gasteiger partial charge in [0.25, 0.3) is 5.56 Å². The molecular weight excluding hydrogens is 434 g/mol. The average molecular weight is 449 g/mol. The Kier molecular flexibility index (Phi) is 6.04. The Morgan fingerprint density at radius 3 is 2.32 bits per heavy atom. The summed E-state index contributed by atoms with van der Waals surface area (Å²) in [5.74, 6) is -0.924. The van der Waals surface area contributed by atoms with E-state index in [-0.39, 0.29) is 47.7 Å². The van der Waals surface area contributed by atoms with Crippen molar-refractivity contribution in [2.24, 2.45) is 0 Å². The number of sulfonamides is 1. The van der Waals surface area contributed by atoms with Crippen LogP contribution in [0.25, 0.3) is 0 Å². The van der Waals surface area contributed by atoms with Gasteiger partial charge in [0.15, 0.2) is 0 Å². The van der Waals surface area contributed by atoms with Crippen molar-refractivity contribution in [1.29, 1.82) is 0 Å². The van der Waals surface area contributed by atoms with Crippen LogP contribution in [0.1, 0.15) is 0 Å². The molecule has 0 aliphatic carbocycles. The fourth-order valence-electron chi connectivity index (χ4n) is 2.72. The first-order chi connectivity index (χ1) is 13.2. The third-order valence-electron chi connectivity index (χ3n) is 4.27. The Hall–Kier alpha value is -2.01. The van der Waals surface area contributed by atoms with Crippen molar-refractivity contribution >= 4 is 39.1 Å². The number of hydrogen-bond acceptors (Lipinski definition) is 5. The van der Waals surface area contributed by atoms with Gasteiger partial charge in [-0.3, -0.25) is 9.59 Å². The Labute approximate surface area is 170 Å². The highest BCUT2D eigenvalue weighted by Gasteiger charge is 2.30. The van der Waals surface area contributed by atoms with Gasteiger partial charge in [0, 0.05) is 26.2 Å². The van der Waals surface area contributed by atoms with E-state index < -0.39 is 27.3 Å². The van der Waals surface area contributed by atoms with Crippen LogP contribution in [0.3, 0.4) is 0 Å². The lowest BCUT2D eigenvalue weighted by Gasteiger charge is -2.34. The summed E-state index contributed by atoms with van der Waals surface area (Å²) in [6, 6.07) is 4.55. The molecule has 12 heteroatoms.